The highest BCUT2D eigenvalue weighted by Crippen LogP contribution is 2.41. The molecule has 2 aliphatic heterocycles. The van der Waals surface area contributed by atoms with Crippen LogP contribution in [0.15, 0.2) is 54.9 Å². The fraction of sp³-hybridized carbons (Fsp3) is 0.417. The summed E-state index contributed by atoms with van der Waals surface area (Å²) in [6.07, 6.45) is 8.01. The molecular weight excluding hydrogens is 590 g/mol. The van der Waals surface area contributed by atoms with Gasteiger partial charge < -0.3 is 29.4 Å². The number of hydrogen-bond acceptors (Lipinski definition) is 8. The molecule has 2 bridgehead atoms. The number of pyridine rings is 2. The molecule has 11 nitrogen and oxygen atoms in total. The minimum absolute atomic E-state index is 0.00426. The highest BCUT2D eigenvalue weighted by Gasteiger charge is 2.47. The molecule has 4 fully saturated rings. The molecule has 1 amide bonds. The summed E-state index contributed by atoms with van der Waals surface area (Å²) >= 11 is 0. The number of benzene rings is 1. The van der Waals surface area contributed by atoms with Crippen molar-refractivity contribution in [2.24, 2.45) is 23.5 Å². The number of likely N-dealkylation sites (tertiary alicyclic amines) is 1. The number of ether oxygens (including phenoxy) is 1. The van der Waals surface area contributed by atoms with Crippen LogP contribution >= 0.6 is 0 Å². The molecule has 5 aromatic rings. The van der Waals surface area contributed by atoms with E-state index in [1.165, 1.54) is 12.8 Å². The van der Waals surface area contributed by atoms with Crippen LogP contribution in [0.3, 0.4) is 0 Å². The van der Waals surface area contributed by atoms with E-state index in [0.29, 0.717) is 47.9 Å². The van der Waals surface area contributed by atoms with Crippen LogP contribution in [0.5, 0.6) is 5.75 Å². The van der Waals surface area contributed by atoms with Crippen LogP contribution < -0.4 is 15.4 Å². The molecule has 9 rings (SSSR count). The van der Waals surface area contributed by atoms with Gasteiger partial charge in [0, 0.05) is 74.1 Å². The summed E-state index contributed by atoms with van der Waals surface area (Å²) in [6, 6.07) is 16.3. The minimum Gasteiger partial charge on any atom is -0.494 e. The van der Waals surface area contributed by atoms with E-state index in [-0.39, 0.29) is 18.0 Å². The van der Waals surface area contributed by atoms with Gasteiger partial charge in [0.15, 0.2) is 11.5 Å². The molecule has 2 aliphatic carbocycles. The average Bonchev–Trinajstić information content (AvgIpc) is 3.44. The third-order valence-electron chi connectivity index (χ3n) is 10.8. The number of nitriles is 1. The van der Waals surface area contributed by atoms with Crippen LogP contribution in [0, 0.1) is 29.1 Å². The van der Waals surface area contributed by atoms with Crippen molar-refractivity contribution in [1.82, 2.24) is 29.0 Å². The number of hydrogen-bond donors (Lipinski definition) is 1. The molecule has 11 heteroatoms. The Bertz CT molecular complexity index is 2080. The number of amides is 1. The van der Waals surface area contributed by atoms with Gasteiger partial charge in [-0.05, 0) is 80.0 Å². The smallest absolute Gasteiger partial charge is 0.254 e. The summed E-state index contributed by atoms with van der Waals surface area (Å²) in [7, 11) is 1.67. The number of aromatic nitrogens is 5. The normalized spacial score (nSPS) is 22.3. The van der Waals surface area contributed by atoms with Crippen molar-refractivity contribution >= 4 is 33.7 Å². The van der Waals surface area contributed by atoms with Crippen molar-refractivity contribution in [3.63, 3.8) is 0 Å². The number of carbonyl (C=O) groups excluding carboxylic acids is 1. The Balaban J connectivity index is 1.14. The predicted molar refractivity (Wildman–Crippen MR) is 178 cm³/mol. The van der Waals surface area contributed by atoms with Gasteiger partial charge in [0.1, 0.15) is 23.0 Å². The van der Waals surface area contributed by atoms with E-state index in [1.807, 2.05) is 41.4 Å². The highest BCUT2D eigenvalue weighted by molar-refractivity contribution is 6.00. The molecule has 0 spiro atoms. The zero-order valence-electron chi connectivity index (χ0n) is 26.4. The van der Waals surface area contributed by atoms with Crippen molar-refractivity contribution < 1.29 is 9.53 Å². The first-order valence-electron chi connectivity index (χ1n) is 16.7. The van der Waals surface area contributed by atoms with E-state index in [1.54, 1.807) is 13.3 Å². The molecule has 0 radical (unpaired) electrons. The van der Waals surface area contributed by atoms with Gasteiger partial charge in [-0.15, -0.1) is 0 Å². The molecule has 2 saturated heterocycles. The van der Waals surface area contributed by atoms with Crippen LogP contribution in [0.4, 0.5) is 5.69 Å². The number of imidazole rings is 1. The number of rotatable bonds is 8. The summed E-state index contributed by atoms with van der Waals surface area (Å²) < 4.78 is 10.7. The molecule has 1 aromatic carbocycles. The van der Waals surface area contributed by atoms with Crippen LogP contribution in [0.25, 0.3) is 33.6 Å². The Morgan fingerprint density at radius 3 is 2.55 bits per heavy atom. The van der Waals surface area contributed by atoms with Crippen molar-refractivity contribution in [1.29, 1.82) is 5.26 Å². The lowest BCUT2D eigenvalue weighted by molar-refractivity contribution is 0.0700. The van der Waals surface area contributed by atoms with Crippen molar-refractivity contribution in [3.8, 4) is 23.3 Å². The van der Waals surface area contributed by atoms with E-state index in [9.17, 15) is 10.1 Å². The standard InChI is InChI=1S/C36H37N9O2/c1-47-31-14-25(36(46)44-20-24-8-9-29(44)32(24)38)12-26-33(31)45(19-22-16-42(17-22)28-5-3-10-39-27(28)15-37)35(41-26)30-13-23-4-2-11-40-34(23)43(30)18-21-6-7-21/h2-5,10-14,21-22,24,29,32H,6-9,16-20,38H2,1H3/t24?,29?,32-/m1/s1. The molecule has 4 aliphatic rings. The van der Waals surface area contributed by atoms with Crippen LogP contribution in [-0.4, -0.2) is 73.7 Å². The summed E-state index contributed by atoms with van der Waals surface area (Å²) in [5.74, 6) is 2.80. The number of methoxy groups -OCH3 is 1. The monoisotopic (exact) mass is 627 g/mol. The maximum absolute atomic E-state index is 13.9. The van der Waals surface area contributed by atoms with Gasteiger partial charge in [-0.25, -0.2) is 15.0 Å². The van der Waals surface area contributed by atoms with Crippen molar-refractivity contribution in [2.45, 2.75) is 50.9 Å². The minimum atomic E-state index is -0.00426. The van der Waals surface area contributed by atoms with E-state index in [4.69, 9.17) is 20.4 Å². The number of carbonyl (C=O) groups is 1. The topological polar surface area (TPSA) is 131 Å². The lowest BCUT2D eigenvalue weighted by Gasteiger charge is -2.41. The Morgan fingerprint density at radius 2 is 1.81 bits per heavy atom. The number of fused-ring (bicyclic) bond motifs is 4. The highest BCUT2D eigenvalue weighted by atomic mass is 16.5. The maximum atomic E-state index is 13.9. The quantitative estimate of drug-likeness (QED) is 0.267. The Morgan fingerprint density at radius 1 is 1.00 bits per heavy atom. The number of anilines is 1. The van der Waals surface area contributed by atoms with E-state index in [0.717, 1.165) is 71.7 Å². The first-order valence-corrected chi connectivity index (χ1v) is 16.7. The third-order valence-corrected chi connectivity index (χ3v) is 10.8. The van der Waals surface area contributed by atoms with Crippen LogP contribution in [0.2, 0.25) is 0 Å². The van der Waals surface area contributed by atoms with Gasteiger partial charge in [0.25, 0.3) is 5.91 Å². The second kappa shape index (κ2) is 10.8. The lowest BCUT2D eigenvalue weighted by atomic mass is 9.98. The SMILES string of the molecule is COc1cc(C(=O)N2CC3CCC2[C@@H]3N)cc2nc(-c3cc4cccnc4n3CC3CC3)n(CC3CN(c4cccnc4C#N)C3)c12. The molecule has 2 saturated carbocycles. The zero-order chi connectivity index (χ0) is 31.8. The lowest BCUT2D eigenvalue weighted by Crippen LogP contribution is -2.49. The summed E-state index contributed by atoms with van der Waals surface area (Å²) in [4.78, 5) is 32.5. The second-order valence-electron chi connectivity index (χ2n) is 13.8. The van der Waals surface area contributed by atoms with Crippen molar-refractivity contribution in [3.05, 3.63) is 66.1 Å². The molecule has 6 heterocycles. The molecule has 238 valence electrons. The molecule has 2 unspecified atom stereocenters. The maximum Gasteiger partial charge on any atom is 0.254 e. The van der Waals surface area contributed by atoms with E-state index < -0.39 is 0 Å². The number of nitrogens with zero attached hydrogens (tertiary/aromatic N) is 8. The molecule has 3 atom stereocenters. The zero-order valence-corrected chi connectivity index (χ0v) is 26.4. The first kappa shape index (κ1) is 28.3. The van der Waals surface area contributed by atoms with E-state index >= 15 is 0 Å². The summed E-state index contributed by atoms with van der Waals surface area (Å²) in [6.45, 7) is 3.90. The molecule has 4 aromatic heterocycles. The number of piperidine rings is 1. The van der Waals surface area contributed by atoms with Crippen LogP contribution in [-0.2, 0) is 13.1 Å². The van der Waals surface area contributed by atoms with Crippen molar-refractivity contribution in [2.75, 3.05) is 31.6 Å². The Hall–Kier alpha value is -4.95. The van der Waals surface area contributed by atoms with Gasteiger partial charge in [-0.2, -0.15) is 5.26 Å². The largest absolute Gasteiger partial charge is 0.494 e. The average molecular weight is 628 g/mol. The van der Waals surface area contributed by atoms with Gasteiger partial charge in [0.05, 0.1) is 24.0 Å². The van der Waals surface area contributed by atoms with Gasteiger partial charge in [-0.1, -0.05) is 0 Å². The predicted octanol–water partition coefficient (Wildman–Crippen LogP) is 4.44. The van der Waals surface area contributed by atoms with Gasteiger partial charge >= 0.3 is 0 Å². The Kier molecular flexibility index (Phi) is 6.51. The van der Waals surface area contributed by atoms with Gasteiger partial charge in [-0.3, -0.25) is 4.79 Å². The molecule has 47 heavy (non-hydrogen) atoms. The summed E-state index contributed by atoms with van der Waals surface area (Å²) in [5, 5.41) is 10.7. The fourth-order valence-electron chi connectivity index (χ4n) is 8.22. The molecular formula is C36H37N9O2. The molecule has 2 N–H and O–H groups in total. The first-order chi connectivity index (χ1) is 23.0. The summed E-state index contributed by atoms with van der Waals surface area (Å²) in [5.41, 5.74) is 12.0. The van der Waals surface area contributed by atoms with E-state index in [2.05, 4.69) is 37.2 Å². The second-order valence-corrected chi connectivity index (χ2v) is 13.8. The van der Waals surface area contributed by atoms with Gasteiger partial charge in [0.2, 0.25) is 0 Å². The third kappa shape index (κ3) is 4.57. The van der Waals surface area contributed by atoms with Crippen LogP contribution in [0.1, 0.15) is 41.7 Å². The Labute approximate surface area is 272 Å². The number of nitrogens with two attached hydrogens (primary N) is 1. The fourth-order valence-corrected chi connectivity index (χ4v) is 8.22.